The summed E-state index contributed by atoms with van der Waals surface area (Å²) in [5.74, 6) is 0.174. The van der Waals surface area contributed by atoms with E-state index in [4.69, 9.17) is 21.3 Å². The third-order valence-electron chi connectivity index (χ3n) is 5.70. The monoisotopic (exact) mass is 483 g/mol. The van der Waals surface area contributed by atoms with Crippen molar-refractivity contribution in [2.24, 2.45) is 0 Å². The van der Waals surface area contributed by atoms with Gasteiger partial charge in [0, 0.05) is 43.9 Å². The van der Waals surface area contributed by atoms with Crippen molar-refractivity contribution in [1.29, 1.82) is 0 Å². The molecule has 3 aromatic rings. The third-order valence-corrected chi connectivity index (χ3v) is 5.93. The summed E-state index contributed by atoms with van der Waals surface area (Å²) in [6.45, 7) is 6.99. The lowest BCUT2D eigenvalue weighted by molar-refractivity contribution is -0.132. The molecule has 1 unspecified atom stereocenters. The number of carbonyl (C=O) groups excluding carboxylic acids is 2. The van der Waals surface area contributed by atoms with Gasteiger partial charge in [0.05, 0.1) is 22.6 Å². The van der Waals surface area contributed by atoms with E-state index in [0.717, 1.165) is 35.6 Å². The first kappa shape index (κ1) is 24.0. The van der Waals surface area contributed by atoms with Crippen molar-refractivity contribution in [3.8, 4) is 11.4 Å². The average molecular weight is 484 g/mol. The van der Waals surface area contributed by atoms with E-state index in [1.165, 1.54) is 0 Å². The Balaban J connectivity index is 1.40. The highest BCUT2D eigenvalue weighted by Gasteiger charge is 2.26. The molecular formula is C25H30ClN5O3. The number of pyridine rings is 2. The van der Waals surface area contributed by atoms with Crippen molar-refractivity contribution in [3.63, 3.8) is 0 Å². The summed E-state index contributed by atoms with van der Waals surface area (Å²) in [5.41, 5.74) is 2.89. The Morgan fingerprint density at radius 2 is 2.06 bits per heavy atom. The van der Waals surface area contributed by atoms with E-state index in [2.05, 4.69) is 10.3 Å². The molecule has 8 nitrogen and oxygen atoms in total. The van der Waals surface area contributed by atoms with Crippen LogP contribution in [0.2, 0.25) is 5.02 Å². The van der Waals surface area contributed by atoms with Crippen LogP contribution in [0.15, 0.2) is 42.7 Å². The molecule has 0 bridgehead atoms. The highest BCUT2D eigenvalue weighted by Crippen LogP contribution is 2.28. The second kappa shape index (κ2) is 10.0. The molecule has 0 spiro atoms. The fourth-order valence-corrected chi connectivity index (χ4v) is 4.32. The Morgan fingerprint density at radius 1 is 1.24 bits per heavy atom. The summed E-state index contributed by atoms with van der Waals surface area (Å²) in [7, 11) is 0. The molecule has 9 heteroatoms. The fourth-order valence-electron chi connectivity index (χ4n) is 4.15. The molecule has 1 aliphatic heterocycles. The molecule has 1 atom stereocenters. The van der Waals surface area contributed by atoms with Crippen LogP contribution in [0.1, 0.15) is 51.6 Å². The van der Waals surface area contributed by atoms with Crippen LogP contribution >= 0.6 is 11.6 Å². The number of halogens is 1. The number of amides is 2. The minimum Gasteiger partial charge on any atom is -0.444 e. The predicted molar refractivity (Wildman–Crippen MR) is 131 cm³/mol. The molecule has 1 fully saturated rings. The first-order chi connectivity index (χ1) is 16.2. The zero-order valence-electron chi connectivity index (χ0n) is 19.8. The normalized spacial score (nSPS) is 16.5. The van der Waals surface area contributed by atoms with Crippen molar-refractivity contribution in [2.45, 2.75) is 51.6 Å². The van der Waals surface area contributed by atoms with Crippen molar-refractivity contribution < 1.29 is 14.3 Å². The van der Waals surface area contributed by atoms with E-state index in [-0.39, 0.29) is 24.8 Å². The second-order valence-electron chi connectivity index (χ2n) is 9.52. The second-order valence-corrected chi connectivity index (χ2v) is 9.96. The molecule has 180 valence electrons. The Labute approximate surface area is 204 Å². The Kier molecular flexibility index (Phi) is 7.07. The summed E-state index contributed by atoms with van der Waals surface area (Å²) in [5, 5.41) is 3.29. The number of carbonyl (C=O) groups is 2. The van der Waals surface area contributed by atoms with Gasteiger partial charge in [0.2, 0.25) is 5.91 Å². The number of hydrogen-bond donors (Lipinski definition) is 1. The number of rotatable bonds is 5. The van der Waals surface area contributed by atoms with Crippen LogP contribution in [-0.4, -0.2) is 56.5 Å². The zero-order chi connectivity index (χ0) is 24.3. The van der Waals surface area contributed by atoms with Gasteiger partial charge in [-0.2, -0.15) is 0 Å². The van der Waals surface area contributed by atoms with Crippen molar-refractivity contribution >= 4 is 29.2 Å². The van der Waals surface area contributed by atoms with Crippen LogP contribution in [0, 0.1) is 0 Å². The maximum Gasteiger partial charge on any atom is 0.407 e. The van der Waals surface area contributed by atoms with E-state index in [1.54, 1.807) is 27.0 Å². The highest BCUT2D eigenvalue weighted by molar-refractivity contribution is 6.30. The summed E-state index contributed by atoms with van der Waals surface area (Å²) in [6.07, 6.45) is 5.24. The molecule has 0 aromatic carbocycles. The molecule has 0 radical (unpaired) electrons. The fraction of sp³-hybridized carbons (Fsp3) is 0.440. The number of alkyl carbamates (subject to hydrolysis) is 1. The van der Waals surface area contributed by atoms with Gasteiger partial charge < -0.3 is 15.0 Å². The predicted octanol–water partition coefficient (Wildman–Crippen LogP) is 4.67. The standard InChI is InChI=1S/C25H30ClN5O3/c1-25(2,3)34-24(33)27-12-11-23(32)30-13-5-6-17(15-30)19-7-4-8-20(29-19)21-14-28-22-10-9-18(26)16-31(21)22/h4,7-10,14,16-17H,5-6,11-13,15H2,1-3H3,(H,27,33). The number of piperidine rings is 1. The molecule has 4 rings (SSSR count). The van der Waals surface area contributed by atoms with E-state index >= 15 is 0 Å². The number of likely N-dealkylation sites (tertiary alicyclic amines) is 1. The molecule has 0 saturated carbocycles. The van der Waals surface area contributed by atoms with Gasteiger partial charge in [-0.05, 0) is 57.9 Å². The zero-order valence-corrected chi connectivity index (χ0v) is 20.5. The molecule has 34 heavy (non-hydrogen) atoms. The molecular weight excluding hydrogens is 454 g/mol. The number of fused-ring (bicyclic) bond motifs is 1. The largest absolute Gasteiger partial charge is 0.444 e. The number of ether oxygens (including phenoxy) is 1. The Hall–Kier alpha value is -3.13. The summed E-state index contributed by atoms with van der Waals surface area (Å²) in [6, 6.07) is 9.66. The smallest absolute Gasteiger partial charge is 0.407 e. The van der Waals surface area contributed by atoms with Crippen LogP contribution < -0.4 is 5.32 Å². The first-order valence-electron chi connectivity index (χ1n) is 11.5. The number of aromatic nitrogens is 3. The first-order valence-corrected chi connectivity index (χ1v) is 11.9. The minimum atomic E-state index is -0.564. The van der Waals surface area contributed by atoms with Crippen LogP contribution in [0.3, 0.4) is 0 Å². The van der Waals surface area contributed by atoms with Crippen molar-refractivity contribution in [3.05, 3.63) is 53.4 Å². The molecule has 2 amide bonds. The van der Waals surface area contributed by atoms with Gasteiger partial charge >= 0.3 is 6.09 Å². The van der Waals surface area contributed by atoms with Gasteiger partial charge in [-0.1, -0.05) is 17.7 Å². The summed E-state index contributed by atoms with van der Waals surface area (Å²) in [4.78, 5) is 35.8. The summed E-state index contributed by atoms with van der Waals surface area (Å²) < 4.78 is 7.15. The number of nitrogens with zero attached hydrogens (tertiary/aromatic N) is 4. The molecule has 0 aliphatic carbocycles. The van der Waals surface area contributed by atoms with E-state index in [9.17, 15) is 9.59 Å². The quantitative estimate of drug-likeness (QED) is 0.569. The number of hydrogen-bond acceptors (Lipinski definition) is 5. The van der Waals surface area contributed by atoms with E-state index in [1.807, 2.05) is 45.8 Å². The molecule has 3 aromatic heterocycles. The maximum absolute atomic E-state index is 12.8. The van der Waals surface area contributed by atoms with Crippen LogP contribution in [0.5, 0.6) is 0 Å². The highest BCUT2D eigenvalue weighted by atomic mass is 35.5. The molecule has 1 saturated heterocycles. The maximum atomic E-state index is 12.8. The average Bonchev–Trinajstić information content (AvgIpc) is 3.21. The van der Waals surface area contributed by atoms with Gasteiger partial charge in [-0.3, -0.25) is 14.2 Å². The lowest BCUT2D eigenvalue weighted by atomic mass is 9.93. The SMILES string of the molecule is CC(C)(C)OC(=O)NCCC(=O)N1CCCC(c2cccc(-c3cnc4ccc(Cl)cn34)n2)C1. The molecule has 1 aliphatic rings. The number of imidazole rings is 1. The van der Waals surface area contributed by atoms with E-state index < -0.39 is 11.7 Å². The van der Waals surface area contributed by atoms with Gasteiger partial charge in [-0.15, -0.1) is 0 Å². The molecule has 4 heterocycles. The number of nitrogens with one attached hydrogen (secondary N) is 1. The Bertz CT molecular complexity index is 1190. The van der Waals surface area contributed by atoms with Gasteiger partial charge in [0.25, 0.3) is 0 Å². The van der Waals surface area contributed by atoms with Crippen LogP contribution in [-0.2, 0) is 9.53 Å². The topological polar surface area (TPSA) is 88.8 Å². The van der Waals surface area contributed by atoms with Crippen molar-refractivity contribution in [2.75, 3.05) is 19.6 Å². The van der Waals surface area contributed by atoms with Gasteiger partial charge in [-0.25, -0.2) is 9.78 Å². The van der Waals surface area contributed by atoms with Gasteiger partial charge in [0.15, 0.2) is 0 Å². The summed E-state index contributed by atoms with van der Waals surface area (Å²) >= 11 is 6.18. The van der Waals surface area contributed by atoms with Crippen LogP contribution in [0.25, 0.3) is 17.0 Å². The van der Waals surface area contributed by atoms with Crippen LogP contribution in [0.4, 0.5) is 4.79 Å². The lowest BCUT2D eigenvalue weighted by Crippen LogP contribution is -2.41. The van der Waals surface area contributed by atoms with Crippen molar-refractivity contribution in [1.82, 2.24) is 24.6 Å². The lowest BCUT2D eigenvalue weighted by Gasteiger charge is -2.32. The third kappa shape index (κ3) is 5.86. The van der Waals surface area contributed by atoms with E-state index in [0.29, 0.717) is 18.1 Å². The molecule has 1 N–H and O–H groups in total. The minimum absolute atomic E-state index is 0.0216. The van der Waals surface area contributed by atoms with Gasteiger partial charge in [0.1, 0.15) is 11.2 Å². The Morgan fingerprint density at radius 3 is 2.85 bits per heavy atom.